The highest BCUT2D eigenvalue weighted by Gasteiger charge is 1.98. The molecule has 0 aliphatic rings. The standard InChI is InChI=1S/C10H14IN/c1-4-11-9-6-10(12)8(3)5-7(9)2/h4-6H,12H2,1-3H3. The lowest BCUT2D eigenvalue weighted by molar-refractivity contribution is 1.36. The third kappa shape index (κ3) is 2.06. The minimum absolute atomic E-state index is 0.0736. The summed E-state index contributed by atoms with van der Waals surface area (Å²) in [4.78, 5) is 0. The fraction of sp³-hybridized carbons (Fsp3) is 0.300. The van der Waals surface area contributed by atoms with Crippen LogP contribution in [0.4, 0.5) is 5.69 Å². The first-order chi connectivity index (χ1) is 5.65. The lowest BCUT2D eigenvalue weighted by Gasteiger charge is -2.04. The van der Waals surface area contributed by atoms with Gasteiger partial charge in [-0.2, -0.15) is 0 Å². The number of rotatable bonds is 1. The van der Waals surface area contributed by atoms with Gasteiger partial charge in [0.2, 0.25) is 0 Å². The van der Waals surface area contributed by atoms with Crippen molar-refractivity contribution in [2.45, 2.75) is 20.8 Å². The van der Waals surface area contributed by atoms with Gasteiger partial charge in [-0.05, 0) is 38.0 Å². The maximum atomic E-state index is 5.82. The van der Waals surface area contributed by atoms with E-state index in [0.717, 1.165) is 5.69 Å². The smallest absolute Gasteiger partial charge is 0.0354 e. The summed E-state index contributed by atoms with van der Waals surface area (Å²) in [5.41, 5.74) is 9.32. The summed E-state index contributed by atoms with van der Waals surface area (Å²) in [6.45, 7) is 6.33. The molecule has 0 radical (unpaired) electrons. The average molecular weight is 275 g/mol. The van der Waals surface area contributed by atoms with Crippen molar-refractivity contribution in [2.75, 3.05) is 5.73 Å². The Hall–Kier alpha value is -0.380. The van der Waals surface area contributed by atoms with Gasteiger partial charge in [-0.25, -0.2) is 0 Å². The van der Waals surface area contributed by atoms with Crippen LogP contribution in [0.5, 0.6) is 0 Å². The van der Waals surface area contributed by atoms with Gasteiger partial charge in [-0.1, -0.05) is 30.8 Å². The molecule has 66 valence electrons. The van der Waals surface area contributed by atoms with Crippen molar-refractivity contribution in [3.8, 4) is 0 Å². The zero-order valence-electron chi connectivity index (χ0n) is 7.69. The molecular formula is C10H14IN. The van der Waals surface area contributed by atoms with E-state index in [0.29, 0.717) is 0 Å². The molecule has 0 fully saturated rings. The van der Waals surface area contributed by atoms with Crippen molar-refractivity contribution in [3.05, 3.63) is 26.8 Å². The highest BCUT2D eigenvalue weighted by atomic mass is 127. The van der Waals surface area contributed by atoms with Crippen LogP contribution in [0.15, 0.2) is 12.1 Å². The van der Waals surface area contributed by atoms with Crippen LogP contribution in [0, 0.1) is 17.4 Å². The Kier molecular flexibility index (Phi) is 3.26. The van der Waals surface area contributed by atoms with Crippen LogP contribution in [-0.2, 0) is 0 Å². The quantitative estimate of drug-likeness (QED) is 0.619. The van der Waals surface area contributed by atoms with E-state index in [1.54, 1.807) is 0 Å². The van der Waals surface area contributed by atoms with Gasteiger partial charge in [0, 0.05) is 9.26 Å². The molecule has 0 heterocycles. The first-order valence-electron chi connectivity index (χ1n) is 3.93. The van der Waals surface area contributed by atoms with Crippen molar-refractivity contribution in [2.24, 2.45) is 0 Å². The summed E-state index contributed by atoms with van der Waals surface area (Å²) in [6, 6.07) is 4.30. The minimum atomic E-state index is 0.0736. The van der Waals surface area contributed by atoms with E-state index in [4.69, 9.17) is 5.73 Å². The van der Waals surface area contributed by atoms with Gasteiger partial charge in [-0.15, -0.1) is 0 Å². The number of anilines is 1. The summed E-state index contributed by atoms with van der Waals surface area (Å²) in [5.74, 6) is 0. The molecule has 1 aromatic carbocycles. The third-order valence-electron chi connectivity index (χ3n) is 1.77. The predicted molar refractivity (Wildman–Crippen MR) is 64.8 cm³/mol. The zero-order valence-corrected chi connectivity index (χ0v) is 9.84. The number of aryl methyl sites for hydroxylation is 2. The first-order valence-corrected chi connectivity index (χ1v) is 6.25. The Morgan fingerprint density at radius 3 is 2.50 bits per heavy atom. The van der Waals surface area contributed by atoms with E-state index < -0.39 is 0 Å². The van der Waals surface area contributed by atoms with Gasteiger partial charge in [-0.3, -0.25) is 0 Å². The summed E-state index contributed by atoms with van der Waals surface area (Å²) in [6.07, 6.45) is 0. The van der Waals surface area contributed by atoms with Gasteiger partial charge in [0.1, 0.15) is 0 Å². The lowest BCUT2D eigenvalue weighted by Crippen LogP contribution is -1.92. The second-order valence-corrected chi connectivity index (χ2v) is 5.82. The number of nitrogens with two attached hydrogens (primary N) is 1. The second-order valence-electron chi connectivity index (χ2n) is 2.79. The summed E-state index contributed by atoms with van der Waals surface area (Å²) >= 11 is 0.0736. The Morgan fingerprint density at radius 1 is 1.25 bits per heavy atom. The maximum absolute atomic E-state index is 5.82. The third-order valence-corrected chi connectivity index (χ3v) is 4.23. The maximum Gasteiger partial charge on any atom is 0.0354 e. The Morgan fingerprint density at radius 2 is 1.92 bits per heavy atom. The molecule has 0 spiro atoms. The highest BCUT2D eigenvalue weighted by Crippen LogP contribution is 2.22. The number of hydrogen-bond acceptors (Lipinski definition) is 1. The van der Waals surface area contributed by atoms with E-state index in [-0.39, 0.29) is 20.7 Å². The molecule has 2 heteroatoms. The van der Waals surface area contributed by atoms with E-state index in [1.165, 1.54) is 14.7 Å². The Balaban J connectivity index is 3.23. The molecule has 0 amide bonds. The fourth-order valence-corrected chi connectivity index (χ4v) is 2.91. The number of hydrogen-bond donors (Lipinski definition) is 1. The predicted octanol–water partition coefficient (Wildman–Crippen LogP) is 2.85. The van der Waals surface area contributed by atoms with E-state index >= 15 is 0 Å². The highest BCUT2D eigenvalue weighted by molar-refractivity contribution is 14.2. The SMILES string of the molecule is CC=Ic1cc(N)c(C)cc1C. The van der Waals surface area contributed by atoms with Gasteiger partial charge < -0.3 is 5.73 Å². The molecule has 0 bridgehead atoms. The number of nitrogen functional groups attached to an aromatic ring is 1. The molecule has 0 atom stereocenters. The molecule has 1 aromatic rings. The van der Waals surface area contributed by atoms with Crippen LogP contribution in [0.1, 0.15) is 18.1 Å². The van der Waals surface area contributed by atoms with Crippen LogP contribution in [0.3, 0.4) is 0 Å². The van der Waals surface area contributed by atoms with Crippen molar-refractivity contribution >= 4 is 30.4 Å². The molecule has 0 saturated heterocycles. The molecule has 1 nitrogen and oxygen atoms in total. The van der Waals surface area contributed by atoms with E-state index in [9.17, 15) is 0 Å². The number of halogens is 1. The molecule has 0 unspecified atom stereocenters. The van der Waals surface area contributed by atoms with Crippen LogP contribution < -0.4 is 5.73 Å². The van der Waals surface area contributed by atoms with Gasteiger partial charge in [0.25, 0.3) is 0 Å². The first kappa shape index (κ1) is 9.71. The van der Waals surface area contributed by atoms with Crippen molar-refractivity contribution in [3.63, 3.8) is 0 Å². The van der Waals surface area contributed by atoms with Crippen molar-refractivity contribution in [1.29, 1.82) is 0 Å². The zero-order chi connectivity index (χ0) is 9.14. The summed E-state index contributed by atoms with van der Waals surface area (Å²) < 4.78 is 3.70. The Bertz CT molecular complexity index is 316. The van der Waals surface area contributed by atoms with E-state index in [2.05, 4.69) is 36.9 Å². The summed E-state index contributed by atoms with van der Waals surface area (Å²) in [7, 11) is 0. The van der Waals surface area contributed by atoms with Gasteiger partial charge >= 0.3 is 0 Å². The molecule has 0 aliphatic carbocycles. The van der Waals surface area contributed by atoms with Crippen LogP contribution in [0.25, 0.3) is 0 Å². The molecule has 0 aliphatic heterocycles. The molecule has 0 aromatic heterocycles. The largest absolute Gasteiger partial charge is 0.398 e. The van der Waals surface area contributed by atoms with Crippen molar-refractivity contribution in [1.82, 2.24) is 0 Å². The van der Waals surface area contributed by atoms with Crippen LogP contribution >= 0.6 is 20.7 Å². The normalized spacial score (nSPS) is 11.6. The fourth-order valence-electron chi connectivity index (χ4n) is 1.08. The number of benzene rings is 1. The minimum Gasteiger partial charge on any atom is -0.398 e. The van der Waals surface area contributed by atoms with Gasteiger partial charge in [0.15, 0.2) is 0 Å². The summed E-state index contributed by atoms with van der Waals surface area (Å²) in [5, 5.41) is 0. The van der Waals surface area contributed by atoms with Crippen molar-refractivity contribution < 1.29 is 0 Å². The molecule has 2 N–H and O–H groups in total. The van der Waals surface area contributed by atoms with Crippen LogP contribution in [-0.4, -0.2) is 4.01 Å². The molecular weight excluding hydrogens is 261 g/mol. The average Bonchev–Trinajstić information content (AvgIpc) is 2.01. The van der Waals surface area contributed by atoms with E-state index in [1.807, 2.05) is 0 Å². The molecule has 0 saturated carbocycles. The monoisotopic (exact) mass is 275 g/mol. The van der Waals surface area contributed by atoms with Crippen LogP contribution in [0.2, 0.25) is 0 Å². The second kappa shape index (κ2) is 4.03. The molecule has 12 heavy (non-hydrogen) atoms. The molecule has 1 rings (SSSR count). The topological polar surface area (TPSA) is 26.0 Å². The lowest BCUT2D eigenvalue weighted by atomic mass is 10.1. The Labute approximate surface area is 83.7 Å². The van der Waals surface area contributed by atoms with Gasteiger partial charge in [0.05, 0.1) is 0 Å².